The van der Waals surface area contributed by atoms with Gasteiger partial charge in [-0.15, -0.1) is 0 Å². The summed E-state index contributed by atoms with van der Waals surface area (Å²) in [6.07, 6.45) is 0.564. The number of aromatic hydroxyl groups is 1. The van der Waals surface area contributed by atoms with Crippen LogP contribution in [0.1, 0.15) is 30.0 Å². The number of phenols is 1. The van der Waals surface area contributed by atoms with E-state index in [1.807, 2.05) is 0 Å². The first kappa shape index (κ1) is 18.8. The molecule has 0 fully saturated rings. The number of para-hydroxylation sites is 1. The average molecular weight is 362 g/mol. The number of carbonyl (C=O) groups excluding carboxylic acids is 2. The highest BCUT2D eigenvalue weighted by molar-refractivity contribution is 6.31. The highest BCUT2D eigenvalue weighted by atomic mass is 35.5. The first-order valence-electron chi connectivity index (χ1n) is 7.88. The standard InChI is InChI=1S/C19H20ClNO4/c1-25-19(24)12-16(14-7-3-4-8-15(14)20)21-18(23)11-10-13-6-2-5-9-17(13)22/h2-9,16,22H,10-12H2,1H3,(H,21,23). The zero-order valence-electron chi connectivity index (χ0n) is 13.9. The zero-order chi connectivity index (χ0) is 18.2. The fourth-order valence-electron chi connectivity index (χ4n) is 2.48. The van der Waals surface area contributed by atoms with Crippen molar-refractivity contribution in [1.82, 2.24) is 5.32 Å². The van der Waals surface area contributed by atoms with E-state index in [0.29, 0.717) is 22.6 Å². The van der Waals surface area contributed by atoms with Crippen LogP contribution in [-0.2, 0) is 20.7 Å². The molecule has 0 aromatic heterocycles. The first-order chi connectivity index (χ1) is 12.0. The van der Waals surface area contributed by atoms with Gasteiger partial charge in [0.1, 0.15) is 5.75 Å². The molecule has 1 atom stereocenters. The van der Waals surface area contributed by atoms with Crippen LogP contribution in [0, 0.1) is 0 Å². The number of carbonyl (C=O) groups is 2. The Bertz CT molecular complexity index is 748. The number of nitrogens with one attached hydrogen (secondary N) is 1. The Hall–Kier alpha value is -2.53. The van der Waals surface area contributed by atoms with Crippen LogP contribution in [0.4, 0.5) is 0 Å². The van der Waals surface area contributed by atoms with Crippen LogP contribution >= 0.6 is 11.6 Å². The molecular weight excluding hydrogens is 342 g/mol. The molecule has 1 amide bonds. The van der Waals surface area contributed by atoms with Gasteiger partial charge < -0.3 is 15.2 Å². The molecule has 2 aromatic rings. The van der Waals surface area contributed by atoms with Crippen molar-refractivity contribution in [2.75, 3.05) is 7.11 Å². The van der Waals surface area contributed by atoms with E-state index in [1.54, 1.807) is 48.5 Å². The van der Waals surface area contributed by atoms with Crippen LogP contribution in [0.3, 0.4) is 0 Å². The maximum atomic E-state index is 12.3. The lowest BCUT2D eigenvalue weighted by atomic mass is 10.0. The van der Waals surface area contributed by atoms with Gasteiger partial charge in [0.2, 0.25) is 5.91 Å². The lowest BCUT2D eigenvalue weighted by Crippen LogP contribution is -2.30. The van der Waals surface area contributed by atoms with Gasteiger partial charge in [-0.3, -0.25) is 9.59 Å². The van der Waals surface area contributed by atoms with Gasteiger partial charge in [0, 0.05) is 11.4 Å². The number of methoxy groups -OCH3 is 1. The van der Waals surface area contributed by atoms with Crippen molar-refractivity contribution in [1.29, 1.82) is 0 Å². The monoisotopic (exact) mass is 361 g/mol. The average Bonchev–Trinajstić information content (AvgIpc) is 2.61. The number of hydrogen-bond donors (Lipinski definition) is 2. The van der Waals surface area contributed by atoms with Gasteiger partial charge >= 0.3 is 5.97 Å². The molecular formula is C19H20ClNO4. The number of halogens is 1. The number of phenolic OH excluding ortho intramolecular Hbond substituents is 1. The second-order valence-corrected chi connectivity index (χ2v) is 5.96. The normalized spacial score (nSPS) is 11.6. The molecule has 0 saturated heterocycles. The Labute approximate surface area is 151 Å². The molecule has 2 rings (SSSR count). The van der Waals surface area contributed by atoms with Crippen LogP contribution in [0.5, 0.6) is 5.75 Å². The van der Waals surface area contributed by atoms with Crippen molar-refractivity contribution < 1.29 is 19.4 Å². The third kappa shape index (κ3) is 5.50. The predicted molar refractivity (Wildman–Crippen MR) is 95.4 cm³/mol. The lowest BCUT2D eigenvalue weighted by Gasteiger charge is -2.19. The van der Waals surface area contributed by atoms with E-state index in [2.05, 4.69) is 5.32 Å². The largest absolute Gasteiger partial charge is 0.508 e. The van der Waals surface area contributed by atoms with Crippen LogP contribution in [0.15, 0.2) is 48.5 Å². The van der Waals surface area contributed by atoms with Crippen molar-refractivity contribution in [3.05, 3.63) is 64.7 Å². The van der Waals surface area contributed by atoms with Crippen LogP contribution < -0.4 is 5.32 Å². The van der Waals surface area contributed by atoms with E-state index < -0.39 is 12.0 Å². The number of ether oxygens (including phenoxy) is 1. The van der Waals surface area contributed by atoms with E-state index in [1.165, 1.54) is 7.11 Å². The van der Waals surface area contributed by atoms with E-state index in [4.69, 9.17) is 16.3 Å². The molecule has 1 unspecified atom stereocenters. The Kier molecular flexibility index (Phi) is 6.83. The van der Waals surface area contributed by atoms with Gasteiger partial charge in [-0.05, 0) is 29.7 Å². The van der Waals surface area contributed by atoms with Gasteiger partial charge in [0.05, 0.1) is 19.6 Å². The van der Waals surface area contributed by atoms with E-state index >= 15 is 0 Å². The topological polar surface area (TPSA) is 75.6 Å². The van der Waals surface area contributed by atoms with Crippen molar-refractivity contribution in [2.24, 2.45) is 0 Å². The summed E-state index contributed by atoms with van der Waals surface area (Å²) < 4.78 is 4.70. The molecule has 0 saturated carbocycles. The second kappa shape index (κ2) is 9.08. The molecule has 25 heavy (non-hydrogen) atoms. The zero-order valence-corrected chi connectivity index (χ0v) is 14.6. The van der Waals surface area contributed by atoms with Crippen molar-refractivity contribution in [2.45, 2.75) is 25.3 Å². The molecule has 0 aliphatic heterocycles. The molecule has 0 spiro atoms. The fraction of sp³-hybridized carbons (Fsp3) is 0.263. The molecule has 2 N–H and O–H groups in total. The first-order valence-corrected chi connectivity index (χ1v) is 8.26. The molecule has 2 aromatic carbocycles. The van der Waals surface area contributed by atoms with Gasteiger partial charge in [0.25, 0.3) is 0 Å². The third-order valence-corrected chi connectivity index (χ3v) is 4.17. The minimum atomic E-state index is -0.571. The summed E-state index contributed by atoms with van der Waals surface area (Å²) in [5, 5.41) is 13.1. The third-order valence-electron chi connectivity index (χ3n) is 3.83. The number of benzene rings is 2. The molecule has 0 heterocycles. The smallest absolute Gasteiger partial charge is 0.307 e. The molecule has 0 aliphatic carbocycles. The van der Waals surface area contributed by atoms with Crippen molar-refractivity contribution >= 4 is 23.5 Å². The Morgan fingerprint density at radius 1 is 1.16 bits per heavy atom. The summed E-state index contributed by atoms with van der Waals surface area (Å²) in [4.78, 5) is 24.0. The maximum Gasteiger partial charge on any atom is 0.307 e. The predicted octanol–water partition coefficient (Wildman–Crippen LogP) is 3.40. The van der Waals surface area contributed by atoms with Gasteiger partial charge in [-0.25, -0.2) is 0 Å². The molecule has 0 aliphatic rings. The van der Waals surface area contributed by atoms with Gasteiger partial charge in [-0.1, -0.05) is 48.0 Å². The molecule has 132 valence electrons. The fourth-order valence-corrected chi connectivity index (χ4v) is 2.75. The minimum Gasteiger partial charge on any atom is -0.508 e. The van der Waals surface area contributed by atoms with Crippen LogP contribution in [0.25, 0.3) is 0 Å². The summed E-state index contributed by atoms with van der Waals surface area (Å²) in [6, 6.07) is 13.3. The SMILES string of the molecule is COC(=O)CC(NC(=O)CCc1ccccc1O)c1ccccc1Cl. The quantitative estimate of drug-likeness (QED) is 0.741. The molecule has 6 heteroatoms. The minimum absolute atomic E-state index is 0.0113. The summed E-state index contributed by atoms with van der Waals surface area (Å²) in [7, 11) is 1.30. The number of aryl methyl sites for hydroxylation is 1. The highest BCUT2D eigenvalue weighted by Gasteiger charge is 2.21. The molecule has 0 bridgehead atoms. The van der Waals surface area contributed by atoms with E-state index in [9.17, 15) is 14.7 Å². The van der Waals surface area contributed by atoms with Gasteiger partial charge in [-0.2, -0.15) is 0 Å². The number of hydrogen-bond acceptors (Lipinski definition) is 4. The summed E-state index contributed by atoms with van der Waals surface area (Å²) in [5.41, 5.74) is 1.35. The van der Waals surface area contributed by atoms with E-state index in [0.717, 1.165) is 0 Å². The summed E-state index contributed by atoms with van der Waals surface area (Å²) >= 11 is 6.19. The van der Waals surface area contributed by atoms with Crippen LogP contribution in [-0.4, -0.2) is 24.1 Å². The molecule has 5 nitrogen and oxygen atoms in total. The maximum absolute atomic E-state index is 12.3. The Morgan fingerprint density at radius 3 is 2.52 bits per heavy atom. The van der Waals surface area contributed by atoms with E-state index in [-0.39, 0.29) is 24.5 Å². The van der Waals surface area contributed by atoms with Crippen molar-refractivity contribution in [3.63, 3.8) is 0 Å². The van der Waals surface area contributed by atoms with Crippen LogP contribution in [0.2, 0.25) is 5.02 Å². The highest BCUT2D eigenvalue weighted by Crippen LogP contribution is 2.26. The Morgan fingerprint density at radius 2 is 1.84 bits per heavy atom. The number of esters is 1. The second-order valence-electron chi connectivity index (χ2n) is 5.55. The van der Waals surface area contributed by atoms with Crippen molar-refractivity contribution in [3.8, 4) is 5.75 Å². The Balaban J connectivity index is 2.05. The number of rotatable bonds is 7. The summed E-state index contributed by atoms with van der Waals surface area (Å²) in [5.74, 6) is -0.518. The van der Waals surface area contributed by atoms with Gasteiger partial charge in [0.15, 0.2) is 0 Å². The lowest BCUT2D eigenvalue weighted by molar-refractivity contribution is -0.141. The summed E-state index contributed by atoms with van der Waals surface area (Å²) in [6.45, 7) is 0. The number of amides is 1. The molecule has 0 radical (unpaired) electrons.